The molecule has 0 aliphatic heterocycles. The van der Waals surface area contributed by atoms with Gasteiger partial charge in [0.2, 0.25) is 5.91 Å². The molecule has 1 unspecified atom stereocenters. The highest BCUT2D eigenvalue weighted by Crippen LogP contribution is 2.21. The quantitative estimate of drug-likeness (QED) is 0.537. The fourth-order valence-corrected chi connectivity index (χ4v) is 1.69. The van der Waals surface area contributed by atoms with Gasteiger partial charge in [-0.2, -0.15) is 4.98 Å². The number of carbonyl (C=O) groups excluding carboxylic acids is 1. The maximum absolute atomic E-state index is 11.8. The van der Waals surface area contributed by atoms with Gasteiger partial charge in [-0.1, -0.05) is 0 Å². The first-order valence-corrected chi connectivity index (χ1v) is 6.29. The van der Waals surface area contributed by atoms with Gasteiger partial charge in [0.25, 0.3) is 6.01 Å². The Morgan fingerprint density at radius 1 is 1.55 bits per heavy atom. The highest BCUT2D eigenvalue weighted by atomic mass is 16.5. The molecule has 7 heteroatoms. The van der Waals surface area contributed by atoms with Crippen molar-refractivity contribution in [3.05, 3.63) is 18.2 Å². The molecule has 0 radical (unpaired) electrons. The summed E-state index contributed by atoms with van der Waals surface area (Å²) in [5.74, 6) is -0.149. The smallest absolute Gasteiger partial charge is 0.296 e. The standard InChI is InChI=1S/C13H18N4O3/c1-8(12(18)15-5-6-19-2)16-13-17-10-7-9(14)3-4-11(10)20-13/h3-4,7-8H,5-6,14H2,1-2H3,(H,15,18)(H,16,17). The third-order valence-electron chi connectivity index (χ3n) is 2.75. The van der Waals surface area contributed by atoms with E-state index >= 15 is 0 Å². The number of benzene rings is 1. The molecule has 0 saturated heterocycles. The minimum atomic E-state index is -0.461. The fourth-order valence-electron chi connectivity index (χ4n) is 1.69. The van der Waals surface area contributed by atoms with Crippen LogP contribution in [0.25, 0.3) is 11.1 Å². The third kappa shape index (κ3) is 3.39. The van der Waals surface area contributed by atoms with Gasteiger partial charge in [-0.15, -0.1) is 0 Å². The molecule has 0 aliphatic rings. The molecule has 1 heterocycles. The summed E-state index contributed by atoms with van der Waals surface area (Å²) in [6.45, 7) is 2.66. The zero-order valence-corrected chi connectivity index (χ0v) is 11.5. The topological polar surface area (TPSA) is 102 Å². The van der Waals surface area contributed by atoms with Crippen LogP contribution in [0.2, 0.25) is 0 Å². The number of nitrogen functional groups attached to an aromatic ring is 1. The number of nitrogens with two attached hydrogens (primary N) is 1. The molecule has 2 aromatic rings. The Labute approximate surface area is 116 Å². The average molecular weight is 278 g/mol. The van der Waals surface area contributed by atoms with E-state index in [4.69, 9.17) is 14.9 Å². The SMILES string of the molecule is COCCNC(=O)C(C)Nc1nc2cc(N)ccc2o1. The lowest BCUT2D eigenvalue weighted by Crippen LogP contribution is -2.39. The molecule has 1 amide bonds. The van der Waals surface area contributed by atoms with Crippen LogP contribution in [-0.4, -0.2) is 37.2 Å². The van der Waals surface area contributed by atoms with Gasteiger partial charge in [-0.05, 0) is 25.1 Å². The molecule has 4 N–H and O–H groups in total. The van der Waals surface area contributed by atoms with E-state index in [-0.39, 0.29) is 5.91 Å². The first kappa shape index (κ1) is 14.1. The van der Waals surface area contributed by atoms with E-state index in [9.17, 15) is 4.79 Å². The first-order chi connectivity index (χ1) is 9.60. The third-order valence-corrected chi connectivity index (χ3v) is 2.75. The number of aromatic nitrogens is 1. The normalized spacial score (nSPS) is 12.3. The number of rotatable bonds is 6. The fraction of sp³-hybridized carbons (Fsp3) is 0.385. The number of carbonyl (C=O) groups is 1. The van der Waals surface area contributed by atoms with Crippen molar-refractivity contribution in [2.24, 2.45) is 0 Å². The second-order valence-electron chi connectivity index (χ2n) is 4.40. The molecule has 1 aromatic carbocycles. The summed E-state index contributed by atoms with van der Waals surface area (Å²) in [7, 11) is 1.58. The number of anilines is 2. The van der Waals surface area contributed by atoms with Crippen molar-refractivity contribution in [2.45, 2.75) is 13.0 Å². The van der Waals surface area contributed by atoms with Crippen LogP contribution in [0, 0.1) is 0 Å². The molecule has 1 aromatic heterocycles. The predicted molar refractivity (Wildman–Crippen MR) is 76.4 cm³/mol. The van der Waals surface area contributed by atoms with Crippen LogP contribution in [0.3, 0.4) is 0 Å². The molecular formula is C13H18N4O3. The largest absolute Gasteiger partial charge is 0.424 e. The van der Waals surface area contributed by atoms with Gasteiger partial charge in [0.05, 0.1) is 6.61 Å². The van der Waals surface area contributed by atoms with E-state index in [1.165, 1.54) is 0 Å². The summed E-state index contributed by atoms with van der Waals surface area (Å²) in [6.07, 6.45) is 0. The molecule has 0 bridgehead atoms. The minimum Gasteiger partial charge on any atom is -0.424 e. The summed E-state index contributed by atoms with van der Waals surface area (Å²) in [5.41, 5.74) is 7.56. The van der Waals surface area contributed by atoms with Gasteiger partial charge in [0, 0.05) is 19.3 Å². The van der Waals surface area contributed by atoms with Crippen LogP contribution in [0.5, 0.6) is 0 Å². The number of ether oxygens (including phenoxy) is 1. The highest BCUT2D eigenvalue weighted by molar-refractivity contribution is 5.84. The van der Waals surface area contributed by atoms with Crippen molar-refractivity contribution in [1.29, 1.82) is 0 Å². The van der Waals surface area contributed by atoms with E-state index in [0.717, 1.165) is 0 Å². The van der Waals surface area contributed by atoms with Gasteiger partial charge >= 0.3 is 0 Å². The second-order valence-corrected chi connectivity index (χ2v) is 4.40. The van der Waals surface area contributed by atoms with Crippen molar-refractivity contribution in [3.8, 4) is 0 Å². The summed E-state index contributed by atoms with van der Waals surface area (Å²) in [6, 6.07) is 5.02. The zero-order valence-electron chi connectivity index (χ0n) is 11.5. The molecule has 108 valence electrons. The number of methoxy groups -OCH3 is 1. The number of oxazole rings is 1. The summed E-state index contributed by atoms with van der Waals surface area (Å²) in [4.78, 5) is 16.0. The van der Waals surface area contributed by atoms with Crippen LogP contribution in [0.1, 0.15) is 6.92 Å². The number of hydrogen-bond donors (Lipinski definition) is 3. The Kier molecular flexibility index (Phi) is 4.41. The Balaban J connectivity index is 1.98. The molecule has 20 heavy (non-hydrogen) atoms. The van der Waals surface area contributed by atoms with Gasteiger partial charge in [0.15, 0.2) is 5.58 Å². The van der Waals surface area contributed by atoms with E-state index < -0.39 is 6.04 Å². The van der Waals surface area contributed by atoms with Crippen LogP contribution in [0.4, 0.5) is 11.7 Å². The summed E-state index contributed by atoms with van der Waals surface area (Å²) >= 11 is 0. The van der Waals surface area contributed by atoms with Crippen molar-refractivity contribution < 1.29 is 13.9 Å². The number of nitrogens with one attached hydrogen (secondary N) is 2. The number of fused-ring (bicyclic) bond motifs is 1. The number of hydrogen-bond acceptors (Lipinski definition) is 6. The lowest BCUT2D eigenvalue weighted by molar-refractivity contribution is -0.121. The summed E-state index contributed by atoms with van der Waals surface area (Å²) < 4.78 is 10.4. The van der Waals surface area contributed by atoms with E-state index in [1.807, 2.05) is 0 Å². The molecule has 2 rings (SSSR count). The van der Waals surface area contributed by atoms with Crippen LogP contribution < -0.4 is 16.4 Å². The van der Waals surface area contributed by atoms with Gasteiger partial charge < -0.3 is 25.5 Å². The number of nitrogens with zero attached hydrogens (tertiary/aromatic N) is 1. The zero-order chi connectivity index (χ0) is 14.5. The Morgan fingerprint density at radius 2 is 2.35 bits per heavy atom. The van der Waals surface area contributed by atoms with Crippen LogP contribution >= 0.6 is 0 Å². The molecule has 0 aliphatic carbocycles. The maximum Gasteiger partial charge on any atom is 0.296 e. The lowest BCUT2D eigenvalue weighted by atomic mass is 10.3. The van der Waals surface area contributed by atoms with Crippen molar-refractivity contribution in [2.75, 3.05) is 31.3 Å². The number of amides is 1. The van der Waals surface area contributed by atoms with Gasteiger partial charge in [0.1, 0.15) is 11.6 Å². The molecule has 1 atom stereocenters. The van der Waals surface area contributed by atoms with Gasteiger partial charge in [-0.25, -0.2) is 0 Å². The molecule has 0 fully saturated rings. The van der Waals surface area contributed by atoms with Crippen LogP contribution in [0.15, 0.2) is 22.6 Å². The second kappa shape index (κ2) is 6.25. The molecular weight excluding hydrogens is 260 g/mol. The maximum atomic E-state index is 11.8. The van der Waals surface area contributed by atoms with Crippen molar-refractivity contribution in [3.63, 3.8) is 0 Å². The van der Waals surface area contributed by atoms with Crippen LogP contribution in [-0.2, 0) is 9.53 Å². The first-order valence-electron chi connectivity index (χ1n) is 6.29. The Bertz CT molecular complexity index is 596. The lowest BCUT2D eigenvalue weighted by Gasteiger charge is -2.12. The molecule has 0 saturated carbocycles. The highest BCUT2D eigenvalue weighted by Gasteiger charge is 2.15. The molecule has 0 spiro atoms. The Morgan fingerprint density at radius 3 is 3.10 bits per heavy atom. The Hall–Kier alpha value is -2.28. The summed E-state index contributed by atoms with van der Waals surface area (Å²) in [5, 5.41) is 5.64. The van der Waals surface area contributed by atoms with Gasteiger partial charge in [-0.3, -0.25) is 4.79 Å². The predicted octanol–water partition coefficient (Wildman–Crippen LogP) is 0.973. The minimum absolute atomic E-state index is 0.149. The monoisotopic (exact) mass is 278 g/mol. The van der Waals surface area contributed by atoms with Crippen molar-refractivity contribution in [1.82, 2.24) is 10.3 Å². The van der Waals surface area contributed by atoms with E-state index in [1.54, 1.807) is 32.2 Å². The molecule has 7 nitrogen and oxygen atoms in total. The van der Waals surface area contributed by atoms with E-state index in [0.29, 0.717) is 36.0 Å². The average Bonchev–Trinajstić information content (AvgIpc) is 2.80. The van der Waals surface area contributed by atoms with E-state index in [2.05, 4.69) is 15.6 Å². The van der Waals surface area contributed by atoms with Crippen molar-refractivity contribution >= 4 is 28.7 Å².